The first-order valence-electron chi connectivity index (χ1n) is 4.88. The van der Waals surface area contributed by atoms with Gasteiger partial charge in [-0.1, -0.05) is 6.58 Å². The fraction of sp³-hybridized carbons (Fsp3) is 0.364. The Balaban J connectivity index is 4.04. The van der Waals surface area contributed by atoms with Gasteiger partial charge in [0.1, 0.15) is 0 Å². The molecule has 94 valence electrons. The third-order valence-electron chi connectivity index (χ3n) is 1.37. The first kappa shape index (κ1) is 14.9. The molecular formula is C11H14O6. The molecule has 0 spiro atoms. The van der Waals surface area contributed by atoms with Crippen LogP contribution in [0.4, 0.5) is 0 Å². The standard InChI is InChI=1S/C11H14O6/c1-4-9(12)16-8(3)17-11(14)7-6-10(13)15-5-2/h4,6-8H,1,5H2,2-3H3/b7-6-. The third-order valence-corrected chi connectivity index (χ3v) is 1.37. The van der Waals surface area contributed by atoms with Crippen LogP contribution in [-0.4, -0.2) is 30.8 Å². The number of ether oxygens (including phenoxy) is 3. The molecule has 0 radical (unpaired) electrons. The third kappa shape index (κ3) is 7.78. The predicted molar refractivity (Wildman–Crippen MR) is 57.6 cm³/mol. The van der Waals surface area contributed by atoms with Crippen LogP contribution in [0.3, 0.4) is 0 Å². The van der Waals surface area contributed by atoms with E-state index in [2.05, 4.69) is 20.8 Å². The highest BCUT2D eigenvalue weighted by molar-refractivity contribution is 5.91. The molecule has 0 saturated heterocycles. The molecule has 0 N–H and O–H groups in total. The molecule has 17 heavy (non-hydrogen) atoms. The van der Waals surface area contributed by atoms with Crippen molar-refractivity contribution in [3.8, 4) is 0 Å². The molecular weight excluding hydrogens is 228 g/mol. The van der Waals surface area contributed by atoms with Crippen molar-refractivity contribution in [2.24, 2.45) is 0 Å². The number of carbonyl (C=O) groups is 3. The van der Waals surface area contributed by atoms with Gasteiger partial charge in [0, 0.05) is 25.2 Å². The second-order valence-corrected chi connectivity index (χ2v) is 2.73. The van der Waals surface area contributed by atoms with E-state index in [1.54, 1.807) is 6.92 Å². The highest BCUT2D eigenvalue weighted by Gasteiger charge is 2.10. The second kappa shape index (κ2) is 8.09. The van der Waals surface area contributed by atoms with Crippen molar-refractivity contribution in [1.82, 2.24) is 0 Å². The Morgan fingerprint density at radius 3 is 2.18 bits per heavy atom. The number of rotatable bonds is 6. The van der Waals surface area contributed by atoms with Gasteiger partial charge < -0.3 is 14.2 Å². The summed E-state index contributed by atoms with van der Waals surface area (Å²) < 4.78 is 13.7. The van der Waals surface area contributed by atoms with Gasteiger partial charge in [0.15, 0.2) is 0 Å². The Labute approximate surface area is 98.8 Å². The lowest BCUT2D eigenvalue weighted by molar-refractivity contribution is -0.177. The fourth-order valence-corrected chi connectivity index (χ4v) is 0.765. The maximum atomic E-state index is 11.1. The SMILES string of the molecule is C=CC(=O)OC(C)OC(=O)/C=C\C(=O)OCC. The van der Waals surface area contributed by atoms with Crippen LogP contribution in [0.5, 0.6) is 0 Å². The van der Waals surface area contributed by atoms with Crippen molar-refractivity contribution in [2.45, 2.75) is 20.1 Å². The molecule has 0 heterocycles. The summed E-state index contributed by atoms with van der Waals surface area (Å²) in [4.78, 5) is 32.7. The van der Waals surface area contributed by atoms with Gasteiger partial charge in [-0.3, -0.25) is 0 Å². The van der Waals surface area contributed by atoms with Crippen LogP contribution >= 0.6 is 0 Å². The van der Waals surface area contributed by atoms with E-state index >= 15 is 0 Å². The van der Waals surface area contributed by atoms with Crippen molar-refractivity contribution in [2.75, 3.05) is 6.61 Å². The minimum absolute atomic E-state index is 0.214. The van der Waals surface area contributed by atoms with Crippen LogP contribution < -0.4 is 0 Å². The fourth-order valence-electron chi connectivity index (χ4n) is 0.765. The summed E-state index contributed by atoms with van der Waals surface area (Å²) in [6.07, 6.45) is 1.70. The van der Waals surface area contributed by atoms with Gasteiger partial charge >= 0.3 is 17.9 Å². The van der Waals surface area contributed by atoms with E-state index < -0.39 is 24.2 Å². The maximum absolute atomic E-state index is 11.1. The minimum Gasteiger partial charge on any atom is -0.463 e. The molecule has 0 bridgehead atoms. The van der Waals surface area contributed by atoms with E-state index in [1.165, 1.54) is 6.92 Å². The van der Waals surface area contributed by atoms with Gasteiger partial charge in [0.25, 0.3) is 0 Å². The molecule has 0 rings (SSSR count). The van der Waals surface area contributed by atoms with Gasteiger partial charge in [0.2, 0.25) is 6.29 Å². The first-order chi connectivity index (χ1) is 7.99. The largest absolute Gasteiger partial charge is 0.463 e. The quantitative estimate of drug-likeness (QED) is 0.388. The Kier molecular flexibility index (Phi) is 7.09. The Bertz CT molecular complexity index is 331. The van der Waals surface area contributed by atoms with E-state index in [4.69, 9.17) is 0 Å². The first-order valence-corrected chi connectivity index (χ1v) is 4.88. The maximum Gasteiger partial charge on any atom is 0.334 e. The molecule has 0 aliphatic rings. The normalized spacial score (nSPS) is 11.6. The summed E-state index contributed by atoms with van der Waals surface area (Å²) in [5.74, 6) is -2.18. The molecule has 0 saturated carbocycles. The molecule has 0 amide bonds. The van der Waals surface area contributed by atoms with E-state index in [1.807, 2.05) is 0 Å². The molecule has 0 aliphatic carbocycles. The van der Waals surface area contributed by atoms with Gasteiger partial charge in [-0.05, 0) is 6.92 Å². The number of hydrogen-bond donors (Lipinski definition) is 0. The minimum atomic E-state index is -1.06. The summed E-state index contributed by atoms with van der Waals surface area (Å²) >= 11 is 0. The lowest BCUT2D eigenvalue weighted by Crippen LogP contribution is -2.19. The van der Waals surface area contributed by atoms with Crippen LogP contribution in [-0.2, 0) is 28.6 Å². The Morgan fingerprint density at radius 2 is 1.65 bits per heavy atom. The molecule has 0 aromatic carbocycles. The van der Waals surface area contributed by atoms with Crippen molar-refractivity contribution in [1.29, 1.82) is 0 Å². The lowest BCUT2D eigenvalue weighted by atomic mass is 10.5. The topological polar surface area (TPSA) is 78.9 Å². The van der Waals surface area contributed by atoms with Crippen molar-refractivity contribution >= 4 is 17.9 Å². The van der Waals surface area contributed by atoms with Crippen molar-refractivity contribution < 1.29 is 28.6 Å². The van der Waals surface area contributed by atoms with E-state index in [-0.39, 0.29) is 6.61 Å². The summed E-state index contributed by atoms with van der Waals surface area (Å²) in [7, 11) is 0. The summed E-state index contributed by atoms with van der Waals surface area (Å²) in [5, 5.41) is 0. The highest BCUT2D eigenvalue weighted by atomic mass is 16.7. The summed E-state index contributed by atoms with van der Waals surface area (Å²) in [6, 6.07) is 0. The van der Waals surface area contributed by atoms with Crippen LogP contribution in [0, 0.1) is 0 Å². The monoisotopic (exact) mass is 242 g/mol. The molecule has 0 fully saturated rings. The number of esters is 3. The van der Waals surface area contributed by atoms with Crippen LogP contribution in [0.2, 0.25) is 0 Å². The van der Waals surface area contributed by atoms with Crippen molar-refractivity contribution in [3.05, 3.63) is 24.8 Å². The lowest BCUT2D eigenvalue weighted by Gasteiger charge is -2.10. The summed E-state index contributed by atoms with van der Waals surface area (Å²) in [5.41, 5.74) is 0. The van der Waals surface area contributed by atoms with E-state index in [0.717, 1.165) is 18.2 Å². The zero-order valence-corrected chi connectivity index (χ0v) is 9.67. The zero-order valence-electron chi connectivity index (χ0n) is 9.67. The average molecular weight is 242 g/mol. The second-order valence-electron chi connectivity index (χ2n) is 2.73. The number of hydrogen-bond acceptors (Lipinski definition) is 6. The highest BCUT2D eigenvalue weighted by Crippen LogP contribution is 1.96. The van der Waals surface area contributed by atoms with E-state index in [9.17, 15) is 14.4 Å². The zero-order chi connectivity index (χ0) is 13.3. The van der Waals surface area contributed by atoms with Crippen LogP contribution in [0.1, 0.15) is 13.8 Å². The summed E-state index contributed by atoms with van der Waals surface area (Å²) in [6.45, 7) is 6.39. The average Bonchev–Trinajstić information content (AvgIpc) is 2.26. The smallest absolute Gasteiger partial charge is 0.334 e. The molecule has 0 aliphatic heterocycles. The van der Waals surface area contributed by atoms with Crippen molar-refractivity contribution in [3.63, 3.8) is 0 Å². The van der Waals surface area contributed by atoms with Crippen LogP contribution in [0.25, 0.3) is 0 Å². The molecule has 1 atom stereocenters. The van der Waals surface area contributed by atoms with Crippen LogP contribution in [0.15, 0.2) is 24.8 Å². The Morgan fingerprint density at radius 1 is 1.12 bits per heavy atom. The predicted octanol–water partition coefficient (Wildman–Crippen LogP) is 0.724. The molecule has 1 unspecified atom stereocenters. The van der Waals surface area contributed by atoms with Gasteiger partial charge in [0.05, 0.1) is 6.61 Å². The molecule has 0 aromatic rings. The molecule has 6 heteroatoms. The van der Waals surface area contributed by atoms with Gasteiger partial charge in [-0.2, -0.15) is 0 Å². The van der Waals surface area contributed by atoms with Gasteiger partial charge in [-0.25, -0.2) is 14.4 Å². The molecule has 6 nitrogen and oxygen atoms in total. The number of carbonyl (C=O) groups excluding carboxylic acids is 3. The molecule has 0 aromatic heterocycles. The Hall–Kier alpha value is -2.11. The van der Waals surface area contributed by atoms with E-state index in [0.29, 0.717) is 0 Å². The van der Waals surface area contributed by atoms with Gasteiger partial charge in [-0.15, -0.1) is 0 Å².